The highest BCUT2D eigenvalue weighted by molar-refractivity contribution is 6.04. The third-order valence-electron chi connectivity index (χ3n) is 8.80. The van der Waals surface area contributed by atoms with Crippen molar-refractivity contribution in [1.29, 1.82) is 0 Å². The maximum absolute atomic E-state index is 12.9. The summed E-state index contributed by atoms with van der Waals surface area (Å²) in [5.74, 6) is -1.95. The van der Waals surface area contributed by atoms with Crippen LogP contribution in [-0.4, -0.2) is 38.8 Å². The molecule has 7 atom stereocenters. The Morgan fingerprint density at radius 3 is 2.47 bits per heavy atom. The molecule has 30 heavy (non-hydrogen) atoms. The maximum atomic E-state index is 12.9. The van der Waals surface area contributed by atoms with Crippen LogP contribution in [0, 0.1) is 29.1 Å². The van der Waals surface area contributed by atoms with E-state index in [1.165, 1.54) is 0 Å². The molecule has 5 heteroatoms. The lowest BCUT2D eigenvalue weighted by atomic mass is 9.60. The Labute approximate surface area is 178 Å². The highest BCUT2D eigenvalue weighted by atomic mass is 16.6. The minimum absolute atomic E-state index is 0.0819. The fourth-order valence-electron chi connectivity index (χ4n) is 6.98. The van der Waals surface area contributed by atoms with Crippen molar-refractivity contribution in [2.45, 2.75) is 78.1 Å². The lowest BCUT2D eigenvalue weighted by Gasteiger charge is -2.50. The lowest BCUT2D eigenvalue weighted by Crippen LogP contribution is -2.61. The number of ether oxygens (including phenoxy) is 1. The van der Waals surface area contributed by atoms with Crippen LogP contribution in [0.4, 0.5) is 0 Å². The number of carbonyl (C=O) groups excluding carboxylic acids is 2. The van der Waals surface area contributed by atoms with E-state index in [-0.39, 0.29) is 41.3 Å². The Kier molecular flexibility index (Phi) is 4.42. The van der Waals surface area contributed by atoms with E-state index in [2.05, 4.69) is 13.8 Å². The molecular formula is C25H34O5. The van der Waals surface area contributed by atoms with Crippen molar-refractivity contribution < 1.29 is 24.5 Å². The van der Waals surface area contributed by atoms with E-state index in [1.54, 1.807) is 26.0 Å². The van der Waals surface area contributed by atoms with Crippen LogP contribution in [0.1, 0.15) is 61.3 Å². The normalized spacial score (nSPS) is 46.7. The molecule has 4 aliphatic rings. The number of hydrogen-bond acceptors (Lipinski definition) is 5. The summed E-state index contributed by atoms with van der Waals surface area (Å²) in [5.41, 5.74) is -1.91. The number of rotatable bonds is 2. The van der Waals surface area contributed by atoms with Crippen molar-refractivity contribution in [3.05, 3.63) is 34.9 Å². The monoisotopic (exact) mass is 414 g/mol. The first-order valence-electron chi connectivity index (χ1n) is 11.0. The molecule has 0 saturated heterocycles. The smallest absolute Gasteiger partial charge is 0.333 e. The predicted molar refractivity (Wildman–Crippen MR) is 113 cm³/mol. The van der Waals surface area contributed by atoms with Gasteiger partial charge < -0.3 is 14.9 Å². The molecule has 164 valence electrons. The first-order valence-corrected chi connectivity index (χ1v) is 11.0. The Bertz CT molecular complexity index is 924. The van der Waals surface area contributed by atoms with Crippen LogP contribution < -0.4 is 0 Å². The summed E-state index contributed by atoms with van der Waals surface area (Å²) in [6, 6.07) is 0. The molecular weight excluding hydrogens is 380 g/mol. The second-order valence-electron chi connectivity index (χ2n) is 10.7. The Hall–Kier alpha value is -1.72. The molecule has 0 radical (unpaired) electrons. The van der Waals surface area contributed by atoms with Crippen LogP contribution >= 0.6 is 0 Å². The highest BCUT2D eigenvalue weighted by Gasteiger charge is 2.83. The van der Waals surface area contributed by atoms with Crippen LogP contribution in [0.25, 0.3) is 0 Å². The Morgan fingerprint density at radius 2 is 1.87 bits per heavy atom. The van der Waals surface area contributed by atoms with Crippen LogP contribution in [-0.2, 0) is 14.3 Å². The first-order chi connectivity index (χ1) is 13.8. The molecule has 0 spiro atoms. The quantitative estimate of drug-likeness (QED) is 0.410. The molecule has 0 bridgehead atoms. The molecule has 0 aromatic heterocycles. The van der Waals surface area contributed by atoms with Crippen LogP contribution in [0.3, 0.4) is 0 Å². The average molecular weight is 415 g/mol. The van der Waals surface area contributed by atoms with Gasteiger partial charge in [0, 0.05) is 35.2 Å². The van der Waals surface area contributed by atoms with E-state index < -0.39 is 22.7 Å². The molecule has 0 aliphatic heterocycles. The van der Waals surface area contributed by atoms with Gasteiger partial charge in [-0.1, -0.05) is 44.6 Å². The second kappa shape index (κ2) is 6.17. The second-order valence-corrected chi connectivity index (χ2v) is 10.7. The van der Waals surface area contributed by atoms with Crippen LogP contribution in [0.5, 0.6) is 0 Å². The molecule has 0 aromatic rings. The summed E-state index contributed by atoms with van der Waals surface area (Å²) in [7, 11) is 0. The fraction of sp³-hybridized carbons (Fsp3) is 0.680. The first kappa shape index (κ1) is 21.5. The van der Waals surface area contributed by atoms with Gasteiger partial charge in [0.05, 0.1) is 5.60 Å². The SMILES string of the molecule is CC=C(C)C(=O)O[C@@]12C[C@@H](C)[C@@]3(O)[C@@H](C=C(C)C[C@]4(O)C(=O)C(C)=C[C@@H]34)[C@@H]1C2(C)C. The van der Waals surface area contributed by atoms with Gasteiger partial charge in [-0.3, -0.25) is 4.79 Å². The van der Waals surface area contributed by atoms with Gasteiger partial charge in [-0.15, -0.1) is 0 Å². The number of fused-ring (bicyclic) bond motifs is 5. The van der Waals surface area contributed by atoms with Gasteiger partial charge in [-0.05, 0) is 45.6 Å². The Balaban J connectivity index is 1.83. The number of Topliss-reactive ketones (excluding diaryl/α,β-unsaturated/α-hetero) is 1. The fourth-order valence-corrected chi connectivity index (χ4v) is 6.98. The van der Waals surface area contributed by atoms with Gasteiger partial charge in [0.15, 0.2) is 5.78 Å². The van der Waals surface area contributed by atoms with Crippen molar-refractivity contribution in [2.24, 2.45) is 29.1 Å². The van der Waals surface area contributed by atoms with Crippen molar-refractivity contribution >= 4 is 11.8 Å². The van der Waals surface area contributed by atoms with Crippen LogP contribution in [0.2, 0.25) is 0 Å². The van der Waals surface area contributed by atoms with Gasteiger partial charge in [-0.25, -0.2) is 4.79 Å². The predicted octanol–water partition coefficient (Wildman–Crippen LogP) is 3.50. The van der Waals surface area contributed by atoms with E-state index in [1.807, 2.05) is 26.8 Å². The van der Waals surface area contributed by atoms with E-state index in [0.717, 1.165) is 5.57 Å². The maximum Gasteiger partial charge on any atom is 0.333 e. The lowest BCUT2D eigenvalue weighted by molar-refractivity contribution is -0.185. The van der Waals surface area contributed by atoms with Gasteiger partial charge in [0.2, 0.25) is 0 Å². The number of hydrogen-bond donors (Lipinski definition) is 2. The molecule has 4 rings (SSSR count). The average Bonchev–Trinajstić information content (AvgIpc) is 3.06. The summed E-state index contributed by atoms with van der Waals surface area (Å²) >= 11 is 0. The standard InChI is InChI=1S/C25H34O5/c1-8-14(3)21(27)30-24-12-16(5)25(29)17(19(24)22(24,6)7)9-13(2)11-23(28)18(25)10-15(4)20(23)26/h8-10,16-19,28-29H,11-12H2,1-7H3/t16-,17+,18-,19-,23-,24+,25-/m1/s1. The summed E-state index contributed by atoms with van der Waals surface area (Å²) in [6.45, 7) is 13.3. The van der Waals surface area contributed by atoms with Crippen LogP contribution in [0.15, 0.2) is 34.9 Å². The molecule has 5 nitrogen and oxygen atoms in total. The minimum atomic E-state index is -1.61. The highest BCUT2D eigenvalue weighted by Crippen LogP contribution is 2.76. The zero-order valence-corrected chi connectivity index (χ0v) is 19.1. The molecule has 0 unspecified atom stereocenters. The molecule has 2 N–H and O–H groups in total. The number of ketones is 1. The number of aliphatic hydroxyl groups is 2. The van der Waals surface area contributed by atoms with Gasteiger partial charge in [0.25, 0.3) is 0 Å². The molecule has 0 aromatic carbocycles. The third kappa shape index (κ3) is 2.36. The van der Waals surface area contributed by atoms with E-state index in [0.29, 0.717) is 17.6 Å². The number of esters is 1. The zero-order valence-electron chi connectivity index (χ0n) is 19.1. The molecule has 4 aliphatic carbocycles. The zero-order chi connectivity index (χ0) is 22.4. The van der Waals surface area contributed by atoms with Gasteiger partial charge in [0.1, 0.15) is 11.2 Å². The van der Waals surface area contributed by atoms with Crippen molar-refractivity contribution in [2.75, 3.05) is 0 Å². The third-order valence-corrected chi connectivity index (χ3v) is 8.80. The summed E-state index contributed by atoms with van der Waals surface area (Å²) < 4.78 is 6.15. The van der Waals surface area contributed by atoms with Gasteiger partial charge in [-0.2, -0.15) is 0 Å². The number of allylic oxidation sites excluding steroid dienone is 1. The van der Waals surface area contributed by atoms with E-state index >= 15 is 0 Å². The minimum Gasteiger partial charge on any atom is -0.455 e. The topological polar surface area (TPSA) is 83.8 Å². The van der Waals surface area contributed by atoms with Crippen molar-refractivity contribution in [3.8, 4) is 0 Å². The van der Waals surface area contributed by atoms with E-state index in [4.69, 9.17) is 4.74 Å². The largest absolute Gasteiger partial charge is 0.455 e. The van der Waals surface area contributed by atoms with Crippen molar-refractivity contribution in [3.63, 3.8) is 0 Å². The number of carbonyl (C=O) groups is 2. The summed E-state index contributed by atoms with van der Waals surface area (Å²) in [4.78, 5) is 25.6. The van der Waals surface area contributed by atoms with Gasteiger partial charge >= 0.3 is 5.97 Å². The Morgan fingerprint density at radius 1 is 1.23 bits per heavy atom. The summed E-state index contributed by atoms with van der Waals surface area (Å²) in [6.07, 6.45) is 6.28. The molecule has 2 fully saturated rings. The molecule has 0 heterocycles. The summed E-state index contributed by atoms with van der Waals surface area (Å²) in [5, 5.41) is 23.7. The van der Waals surface area contributed by atoms with E-state index in [9.17, 15) is 19.8 Å². The molecule has 2 saturated carbocycles. The molecule has 0 amide bonds. The van der Waals surface area contributed by atoms with Crippen molar-refractivity contribution in [1.82, 2.24) is 0 Å².